The summed E-state index contributed by atoms with van der Waals surface area (Å²) < 4.78 is 10.6. The summed E-state index contributed by atoms with van der Waals surface area (Å²) in [5.41, 5.74) is 1.24. The Balaban J connectivity index is 1.83. The Morgan fingerprint density at radius 1 is 1.18 bits per heavy atom. The zero-order valence-corrected chi connectivity index (χ0v) is 10.8. The number of ether oxygens (including phenoxy) is 2. The molecule has 1 aliphatic heterocycles. The van der Waals surface area contributed by atoms with Gasteiger partial charge in [-0.05, 0) is 36.1 Å². The molecule has 1 unspecified atom stereocenters. The Hall–Kier alpha value is -1.22. The summed E-state index contributed by atoms with van der Waals surface area (Å²) in [5.74, 6) is 3.13. The molecule has 17 heavy (non-hydrogen) atoms. The van der Waals surface area contributed by atoms with E-state index in [1.807, 2.05) is 6.07 Å². The van der Waals surface area contributed by atoms with Crippen molar-refractivity contribution in [2.75, 3.05) is 13.3 Å². The van der Waals surface area contributed by atoms with E-state index in [1.165, 1.54) is 5.56 Å². The number of fused-ring (bicyclic) bond motifs is 1. The van der Waals surface area contributed by atoms with Gasteiger partial charge >= 0.3 is 0 Å². The van der Waals surface area contributed by atoms with Gasteiger partial charge in [-0.3, -0.25) is 0 Å². The molecule has 3 heteroatoms. The third-order valence-corrected chi connectivity index (χ3v) is 3.37. The lowest BCUT2D eigenvalue weighted by Crippen LogP contribution is -2.23. The smallest absolute Gasteiger partial charge is 0.231 e. The molecule has 0 saturated carbocycles. The van der Waals surface area contributed by atoms with E-state index in [9.17, 15) is 0 Å². The minimum Gasteiger partial charge on any atom is -0.454 e. The van der Waals surface area contributed by atoms with Crippen molar-refractivity contribution in [3.8, 4) is 11.5 Å². The van der Waals surface area contributed by atoms with Crippen molar-refractivity contribution in [3.05, 3.63) is 23.8 Å². The first-order valence-electron chi connectivity index (χ1n) is 6.26. The second kappa shape index (κ2) is 5.41. The fraction of sp³-hybridized carbons (Fsp3) is 0.571. The Kier molecular flexibility index (Phi) is 3.89. The molecule has 0 radical (unpaired) electrons. The standard InChI is InChI=1S/C14H21NO2/c1-10(2)11(3)7-15-8-12-4-5-13-14(6-12)17-9-16-13/h4-6,10-11,15H,7-9H2,1-3H3. The van der Waals surface area contributed by atoms with Gasteiger partial charge in [0.05, 0.1) is 0 Å². The molecule has 94 valence electrons. The number of hydrogen-bond acceptors (Lipinski definition) is 3. The van der Waals surface area contributed by atoms with Gasteiger partial charge in [-0.25, -0.2) is 0 Å². The molecule has 0 spiro atoms. The summed E-state index contributed by atoms with van der Waals surface area (Å²) in [5, 5.41) is 3.48. The van der Waals surface area contributed by atoms with Crippen molar-refractivity contribution >= 4 is 0 Å². The lowest BCUT2D eigenvalue weighted by atomic mass is 9.98. The number of rotatable bonds is 5. The Morgan fingerprint density at radius 3 is 2.71 bits per heavy atom. The van der Waals surface area contributed by atoms with Gasteiger partial charge in [0.2, 0.25) is 6.79 Å². The van der Waals surface area contributed by atoms with Crippen LogP contribution in [0.3, 0.4) is 0 Å². The molecule has 1 aromatic rings. The lowest BCUT2D eigenvalue weighted by Gasteiger charge is -2.16. The molecule has 1 heterocycles. The molecule has 0 bridgehead atoms. The van der Waals surface area contributed by atoms with E-state index in [1.54, 1.807) is 0 Å². The summed E-state index contributed by atoms with van der Waals surface area (Å²) in [7, 11) is 0. The number of nitrogens with one attached hydrogen (secondary N) is 1. The maximum atomic E-state index is 5.35. The van der Waals surface area contributed by atoms with Crippen molar-refractivity contribution in [1.29, 1.82) is 0 Å². The first-order chi connectivity index (χ1) is 8.16. The van der Waals surface area contributed by atoms with Crippen LogP contribution in [0.1, 0.15) is 26.3 Å². The second-order valence-corrected chi connectivity index (χ2v) is 5.04. The Morgan fingerprint density at radius 2 is 1.94 bits per heavy atom. The highest BCUT2D eigenvalue weighted by Gasteiger charge is 2.13. The van der Waals surface area contributed by atoms with E-state index >= 15 is 0 Å². The van der Waals surface area contributed by atoms with Gasteiger partial charge in [-0.15, -0.1) is 0 Å². The van der Waals surface area contributed by atoms with Gasteiger partial charge in [0.15, 0.2) is 11.5 Å². The molecule has 0 amide bonds. The van der Waals surface area contributed by atoms with Gasteiger partial charge in [-0.2, -0.15) is 0 Å². The summed E-state index contributed by atoms with van der Waals surface area (Å²) in [6.07, 6.45) is 0. The van der Waals surface area contributed by atoms with Crippen LogP contribution < -0.4 is 14.8 Å². The number of benzene rings is 1. The first-order valence-corrected chi connectivity index (χ1v) is 6.26. The van der Waals surface area contributed by atoms with Crippen molar-refractivity contribution < 1.29 is 9.47 Å². The van der Waals surface area contributed by atoms with E-state index in [-0.39, 0.29) is 0 Å². The average molecular weight is 235 g/mol. The van der Waals surface area contributed by atoms with Gasteiger partial charge in [0.25, 0.3) is 0 Å². The molecule has 1 aromatic carbocycles. The van der Waals surface area contributed by atoms with Crippen LogP contribution in [-0.2, 0) is 6.54 Å². The van der Waals surface area contributed by atoms with E-state index < -0.39 is 0 Å². The first kappa shape index (κ1) is 12.2. The van der Waals surface area contributed by atoms with Crippen LogP contribution in [0.25, 0.3) is 0 Å². The summed E-state index contributed by atoms with van der Waals surface area (Å²) in [6, 6.07) is 6.11. The van der Waals surface area contributed by atoms with Crippen molar-refractivity contribution in [2.45, 2.75) is 27.3 Å². The van der Waals surface area contributed by atoms with Crippen LogP contribution in [0.2, 0.25) is 0 Å². The maximum Gasteiger partial charge on any atom is 0.231 e. The average Bonchev–Trinajstić information content (AvgIpc) is 2.75. The lowest BCUT2D eigenvalue weighted by molar-refractivity contribution is 0.174. The van der Waals surface area contributed by atoms with Crippen LogP contribution in [0.4, 0.5) is 0 Å². The van der Waals surface area contributed by atoms with E-state index in [4.69, 9.17) is 9.47 Å². The quantitative estimate of drug-likeness (QED) is 0.851. The van der Waals surface area contributed by atoms with Crippen LogP contribution in [0.15, 0.2) is 18.2 Å². The topological polar surface area (TPSA) is 30.5 Å². The molecule has 0 aliphatic carbocycles. The maximum absolute atomic E-state index is 5.35. The highest BCUT2D eigenvalue weighted by molar-refractivity contribution is 5.44. The normalized spacial score (nSPS) is 15.3. The van der Waals surface area contributed by atoms with E-state index in [2.05, 4.69) is 38.2 Å². The molecular weight excluding hydrogens is 214 g/mol. The summed E-state index contributed by atoms with van der Waals surface area (Å²) in [4.78, 5) is 0. The number of hydrogen-bond donors (Lipinski definition) is 1. The van der Waals surface area contributed by atoms with Crippen LogP contribution in [-0.4, -0.2) is 13.3 Å². The molecular formula is C14H21NO2. The summed E-state index contributed by atoms with van der Waals surface area (Å²) >= 11 is 0. The minimum absolute atomic E-state index is 0.344. The second-order valence-electron chi connectivity index (χ2n) is 5.04. The third kappa shape index (κ3) is 3.13. The van der Waals surface area contributed by atoms with Crippen molar-refractivity contribution in [2.24, 2.45) is 11.8 Å². The fourth-order valence-corrected chi connectivity index (χ4v) is 1.73. The monoisotopic (exact) mass is 235 g/mol. The molecule has 2 rings (SSSR count). The third-order valence-electron chi connectivity index (χ3n) is 3.37. The molecule has 0 saturated heterocycles. The van der Waals surface area contributed by atoms with E-state index in [0.717, 1.165) is 30.5 Å². The van der Waals surface area contributed by atoms with Crippen molar-refractivity contribution in [1.82, 2.24) is 5.32 Å². The molecule has 1 aliphatic rings. The SMILES string of the molecule is CC(C)C(C)CNCc1ccc2c(c1)OCO2. The van der Waals surface area contributed by atoms with Gasteiger partial charge in [0.1, 0.15) is 0 Å². The predicted octanol–water partition coefficient (Wildman–Crippen LogP) is 2.80. The molecule has 3 nitrogen and oxygen atoms in total. The zero-order valence-electron chi connectivity index (χ0n) is 10.8. The van der Waals surface area contributed by atoms with Crippen LogP contribution >= 0.6 is 0 Å². The zero-order chi connectivity index (χ0) is 12.3. The Labute approximate surface area is 103 Å². The van der Waals surface area contributed by atoms with Crippen molar-refractivity contribution in [3.63, 3.8) is 0 Å². The predicted molar refractivity (Wildman–Crippen MR) is 68.3 cm³/mol. The largest absolute Gasteiger partial charge is 0.454 e. The Bertz CT molecular complexity index is 376. The van der Waals surface area contributed by atoms with Gasteiger partial charge in [0, 0.05) is 6.54 Å². The van der Waals surface area contributed by atoms with Gasteiger partial charge in [-0.1, -0.05) is 26.8 Å². The van der Waals surface area contributed by atoms with Crippen LogP contribution in [0, 0.1) is 11.8 Å². The highest BCUT2D eigenvalue weighted by Crippen LogP contribution is 2.32. The molecule has 1 atom stereocenters. The molecule has 0 fully saturated rings. The highest BCUT2D eigenvalue weighted by atomic mass is 16.7. The fourth-order valence-electron chi connectivity index (χ4n) is 1.73. The van der Waals surface area contributed by atoms with Crippen LogP contribution in [0.5, 0.6) is 11.5 Å². The van der Waals surface area contributed by atoms with E-state index in [0.29, 0.717) is 12.7 Å². The summed E-state index contributed by atoms with van der Waals surface area (Å²) in [6.45, 7) is 9.06. The van der Waals surface area contributed by atoms with Gasteiger partial charge < -0.3 is 14.8 Å². The minimum atomic E-state index is 0.344. The molecule has 1 N–H and O–H groups in total. The molecule has 0 aromatic heterocycles.